The summed E-state index contributed by atoms with van der Waals surface area (Å²) in [4.78, 5) is 18.1. The van der Waals surface area contributed by atoms with E-state index in [1.165, 1.54) is 16.2 Å². The number of amides is 2. The van der Waals surface area contributed by atoms with Gasteiger partial charge in [-0.05, 0) is 37.6 Å². The summed E-state index contributed by atoms with van der Waals surface area (Å²) in [5.41, 5.74) is 2.62. The van der Waals surface area contributed by atoms with E-state index in [-0.39, 0.29) is 12.6 Å². The number of aryl methyl sites for hydroxylation is 1. The van der Waals surface area contributed by atoms with Crippen molar-refractivity contribution >= 4 is 11.7 Å². The number of benzene rings is 1. The number of hydrogen-bond acceptors (Lipinski definition) is 4. The lowest BCUT2D eigenvalue weighted by Crippen LogP contribution is -2.47. The quantitative estimate of drug-likeness (QED) is 0.734. The van der Waals surface area contributed by atoms with E-state index < -0.39 is 0 Å². The third-order valence-electron chi connectivity index (χ3n) is 4.45. The van der Waals surface area contributed by atoms with Gasteiger partial charge in [-0.15, -0.1) is 0 Å². The molecule has 0 spiro atoms. The first-order valence-corrected chi connectivity index (χ1v) is 8.74. The van der Waals surface area contributed by atoms with E-state index in [0.717, 1.165) is 39.1 Å². The molecular weight excluding hydrogens is 304 g/mol. The van der Waals surface area contributed by atoms with Crippen LogP contribution < -0.4 is 10.2 Å². The number of aliphatic hydroxyl groups excluding tert-OH is 1. The summed E-state index contributed by atoms with van der Waals surface area (Å²) in [5.74, 6) is 0. The number of piperazine rings is 1. The van der Waals surface area contributed by atoms with Gasteiger partial charge in [0.05, 0.1) is 6.61 Å². The Labute approximate surface area is 145 Å². The van der Waals surface area contributed by atoms with Crippen LogP contribution in [0, 0.1) is 6.92 Å². The summed E-state index contributed by atoms with van der Waals surface area (Å²) < 4.78 is 0. The summed E-state index contributed by atoms with van der Waals surface area (Å²) >= 11 is 0. The number of rotatable bonds is 7. The minimum atomic E-state index is -0.117. The minimum absolute atomic E-state index is 0.00482. The zero-order valence-corrected chi connectivity index (χ0v) is 14.9. The molecule has 2 amide bonds. The van der Waals surface area contributed by atoms with Crippen molar-refractivity contribution in [2.45, 2.75) is 13.3 Å². The van der Waals surface area contributed by atoms with Crippen LogP contribution in [0.3, 0.4) is 0 Å². The molecule has 1 aliphatic heterocycles. The van der Waals surface area contributed by atoms with E-state index in [1.54, 1.807) is 7.05 Å². The molecule has 6 heteroatoms. The first-order chi connectivity index (χ1) is 11.6. The highest BCUT2D eigenvalue weighted by Crippen LogP contribution is 2.17. The van der Waals surface area contributed by atoms with E-state index in [2.05, 4.69) is 46.3 Å². The lowest BCUT2D eigenvalue weighted by atomic mass is 10.2. The van der Waals surface area contributed by atoms with Crippen LogP contribution in [0.15, 0.2) is 24.3 Å². The van der Waals surface area contributed by atoms with Gasteiger partial charge in [-0.3, -0.25) is 4.90 Å². The van der Waals surface area contributed by atoms with Crippen LogP contribution in [0.2, 0.25) is 0 Å². The predicted molar refractivity (Wildman–Crippen MR) is 97.6 cm³/mol. The van der Waals surface area contributed by atoms with Crippen molar-refractivity contribution in [1.29, 1.82) is 0 Å². The number of hydrogen-bond donors (Lipinski definition) is 2. The smallest absolute Gasteiger partial charge is 0.317 e. The topological polar surface area (TPSA) is 59.0 Å². The molecule has 1 fully saturated rings. The summed E-state index contributed by atoms with van der Waals surface area (Å²) in [5, 5.41) is 11.7. The Morgan fingerprint density at radius 1 is 1.29 bits per heavy atom. The molecule has 1 aromatic carbocycles. The third kappa shape index (κ3) is 5.69. The van der Waals surface area contributed by atoms with Crippen molar-refractivity contribution in [2.24, 2.45) is 0 Å². The zero-order valence-electron chi connectivity index (χ0n) is 14.9. The SMILES string of the molecule is Cc1cccc(N2CCN(CCCNC(=O)N(C)CCO)CC2)c1. The molecule has 0 unspecified atom stereocenters. The molecule has 2 rings (SSSR count). The predicted octanol–water partition coefficient (Wildman–Crippen LogP) is 1.14. The fourth-order valence-electron chi connectivity index (χ4n) is 2.94. The summed E-state index contributed by atoms with van der Waals surface area (Å²) in [7, 11) is 1.69. The highest BCUT2D eigenvalue weighted by Gasteiger charge is 2.17. The maximum atomic E-state index is 11.7. The number of nitrogens with zero attached hydrogens (tertiary/aromatic N) is 3. The standard InChI is InChI=1S/C18H30N4O2/c1-16-5-3-6-17(15-16)22-11-9-21(10-12-22)8-4-7-19-18(24)20(2)13-14-23/h3,5-6,15,23H,4,7-14H2,1-2H3,(H,19,24). The third-order valence-corrected chi connectivity index (χ3v) is 4.45. The lowest BCUT2D eigenvalue weighted by Gasteiger charge is -2.36. The summed E-state index contributed by atoms with van der Waals surface area (Å²) in [6.45, 7) is 8.40. The van der Waals surface area contributed by atoms with Gasteiger partial charge in [0.1, 0.15) is 0 Å². The van der Waals surface area contributed by atoms with Crippen LogP contribution in [0.5, 0.6) is 0 Å². The van der Waals surface area contributed by atoms with Gasteiger partial charge < -0.3 is 20.2 Å². The number of nitrogens with one attached hydrogen (secondary N) is 1. The van der Waals surface area contributed by atoms with Gasteiger partial charge in [-0.1, -0.05) is 12.1 Å². The molecule has 0 saturated carbocycles. The Morgan fingerprint density at radius 2 is 2.04 bits per heavy atom. The van der Waals surface area contributed by atoms with Crippen LogP contribution >= 0.6 is 0 Å². The molecule has 0 radical (unpaired) electrons. The molecule has 24 heavy (non-hydrogen) atoms. The minimum Gasteiger partial charge on any atom is -0.395 e. The number of carbonyl (C=O) groups excluding carboxylic acids is 1. The molecule has 0 bridgehead atoms. The molecule has 1 saturated heterocycles. The highest BCUT2D eigenvalue weighted by molar-refractivity contribution is 5.73. The normalized spacial score (nSPS) is 15.4. The average molecular weight is 334 g/mol. The van der Waals surface area contributed by atoms with Crippen LogP contribution in [-0.4, -0.2) is 80.4 Å². The molecular formula is C18H30N4O2. The number of urea groups is 1. The van der Waals surface area contributed by atoms with Crippen molar-refractivity contribution in [1.82, 2.24) is 15.1 Å². The van der Waals surface area contributed by atoms with Gasteiger partial charge in [0, 0.05) is 52.0 Å². The average Bonchev–Trinajstić information content (AvgIpc) is 2.59. The maximum absolute atomic E-state index is 11.7. The Kier molecular flexibility index (Phi) is 7.34. The van der Waals surface area contributed by atoms with Crippen LogP contribution in [-0.2, 0) is 0 Å². The molecule has 0 atom stereocenters. The Hall–Kier alpha value is -1.79. The van der Waals surface area contributed by atoms with Gasteiger partial charge >= 0.3 is 6.03 Å². The zero-order chi connectivity index (χ0) is 17.4. The monoisotopic (exact) mass is 334 g/mol. The second-order valence-electron chi connectivity index (χ2n) is 6.40. The van der Waals surface area contributed by atoms with Gasteiger partial charge in [0.25, 0.3) is 0 Å². The van der Waals surface area contributed by atoms with Gasteiger partial charge in [0.15, 0.2) is 0 Å². The molecule has 1 aromatic rings. The van der Waals surface area contributed by atoms with Crippen molar-refractivity contribution in [3.8, 4) is 0 Å². The molecule has 1 aliphatic rings. The molecule has 134 valence electrons. The van der Waals surface area contributed by atoms with Gasteiger partial charge in [-0.2, -0.15) is 0 Å². The number of likely N-dealkylation sites (N-methyl/N-ethyl adjacent to an activating group) is 1. The van der Waals surface area contributed by atoms with Crippen molar-refractivity contribution in [3.05, 3.63) is 29.8 Å². The van der Waals surface area contributed by atoms with E-state index in [4.69, 9.17) is 5.11 Å². The van der Waals surface area contributed by atoms with E-state index in [0.29, 0.717) is 13.1 Å². The Morgan fingerprint density at radius 3 is 2.71 bits per heavy atom. The lowest BCUT2D eigenvalue weighted by molar-refractivity contribution is 0.189. The van der Waals surface area contributed by atoms with Crippen molar-refractivity contribution in [3.63, 3.8) is 0 Å². The molecule has 0 aromatic heterocycles. The van der Waals surface area contributed by atoms with Gasteiger partial charge in [-0.25, -0.2) is 4.79 Å². The fourth-order valence-corrected chi connectivity index (χ4v) is 2.94. The van der Waals surface area contributed by atoms with E-state index in [1.807, 2.05) is 0 Å². The van der Waals surface area contributed by atoms with Crippen molar-refractivity contribution < 1.29 is 9.90 Å². The Balaban J connectivity index is 1.62. The number of aliphatic hydroxyl groups is 1. The second-order valence-corrected chi connectivity index (χ2v) is 6.40. The first-order valence-electron chi connectivity index (χ1n) is 8.74. The van der Waals surface area contributed by atoms with Gasteiger partial charge in [0.2, 0.25) is 0 Å². The van der Waals surface area contributed by atoms with E-state index >= 15 is 0 Å². The fraction of sp³-hybridized carbons (Fsp3) is 0.611. The van der Waals surface area contributed by atoms with E-state index in [9.17, 15) is 4.79 Å². The number of anilines is 1. The Bertz CT molecular complexity index is 515. The maximum Gasteiger partial charge on any atom is 0.317 e. The highest BCUT2D eigenvalue weighted by atomic mass is 16.3. The summed E-state index contributed by atoms with van der Waals surface area (Å²) in [6, 6.07) is 8.56. The summed E-state index contributed by atoms with van der Waals surface area (Å²) in [6.07, 6.45) is 0.948. The molecule has 1 heterocycles. The second kappa shape index (κ2) is 9.49. The van der Waals surface area contributed by atoms with Crippen molar-refractivity contribution in [2.75, 3.05) is 64.4 Å². The molecule has 2 N–H and O–H groups in total. The first kappa shape index (κ1) is 18.5. The van der Waals surface area contributed by atoms with Crippen LogP contribution in [0.4, 0.5) is 10.5 Å². The van der Waals surface area contributed by atoms with Crippen LogP contribution in [0.25, 0.3) is 0 Å². The number of carbonyl (C=O) groups is 1. The molecule has 0 aliphatic carbocycles. The largest absolute Gasteiger partial charge is 0.395 e. The van der Waals surface area contributed by atoms with Crippen LogP contribution in [0.1, 0.15) is 12.0 Å². The molecule has 6 nitrogen and oxygen atoms in total.